The molecule has 0 unspecified atom stereocenters. The van der Waals surface area contributed by atoms with E-state index < -0.39 is 24.4 Å². The second-order valence-electron chi connectivity index (χ2n) is 7.73. The van der Waals surface area contributed by atoms with E-state index in [1.165, 1.54) is 13.2 Å². The zero-order valence-corrected chi connectivity index (χ0v) is 21.4. The Bertz CT molecular complexity index is 1340. The Kier molecular flexibility index (Phi) is 7.92. The van der Waals surface area contributed by atoms with Gasteiger partial charge < -0.3 is 20.1 Å². The van der Waals surface area contributed by atoms with E-state index in [9.17, 15) is 14.4 Å². The first-order valence-electron chi connectivity index (χ1n) is 10.8. The van der Waals surface area contributed by atoms with Crippen LogP contribution in [0.2, 0.25) is 5.02 Å². The Morgan fingerprint density at radius 3 is 2.58 bits per heavy atom. The Hall–Kier alpha value is -3.82. The summed E-state index contributed by atoms with van der Waals surface area (Å²) in [4.78, 5) is 38.8. The van der Waals surface area contributed by atoms with E-state index in [-0.39, 0.29) is 12.3 Å². The Morgan fingerprint density at radius 1 is 1.08 bits per heavy atom. The topological polar surface area (TPSA) is 97.0 Å². The Balaban J connectivity index is 1.48. The molecule has 4 rings (SSSR count). The maximum absolute atomic E-state index is 12.9. The van der Waals surface area contributed by atoms with E-state index in [1.54, 1.807) is 48.5 Å². The Morgan fingerprint density at radius 2 is 1.83 bits per heavy atom. The number of ether oxygens (including phenoxy) is 2. The highest BCUT2D eigenvalue weighted by Gasteiger charge is 2.35. The maximum Gasteiger partial charge on any atom is 0.329 e. The minimum absolute atomic E-state index is 0.0273. The van der Waals surface area contributed by atoms with Gasteiger partial charge in [-0.3, -0.25) is 9.59 Å². The fourth-order valence-electron chi connectivity index (χ4n) is 3.46. The van der Waals surface area contributed by atoms with E-state index in [0.717, 1.165) is 14.9 Å². The molecule has 10 heteroatoms. The lowest BCUT2D eigenvalue weighted by Gasteiger charge is -2.13. The van der Waals surface area contributed by atoms with Crippen molar-refractivity contribution in [1.29, 1.82) is 0 Å². The lowest BCUT2D eigenvalue weighted by Crippen LogP contribution is -2.38. The van der Waals surface area contributed by atoms with Gasteiger partial charge in [0.2, 0.25) is 5.91 Å². The molecule has 0 radical (unpaired) electrons. The molecular formula is C26H21BrClN3O5. The molecule has 36 heavy (non-hydrogen) atoms. The van der Waals surface area contributed by atoms with Crippen molar-refractivity contribution in [2.24, 2.45) is 0 Å². The molecule has 0 saturated carbocycles. The molecule has 1 saturated heterocycles. The van der Waals surface area contributed by atoms with Gasteiger partial charge in [-0.2, -0.15) is 0 Å². The molecule has 1 aliphatic heterocycles. The molecule has 3 aromatic carbocycles. The highest BCUT2D eigenvalue weighted by Crippen LogP contribution is 2.28. The number of anilines is 1. The number of hydrogen-bond acceptors (Lipinski definition) is 5. The van der Waals surface area contributed by atoms with Crippen LogP contribution in [0.5, 0.6) is 11.5 Å². The molecule has 0 aromatic heterocycles. The molecule has 1 fully saturated rings. The number of nitrogens with one attached hydrogen (secondary N) is 2. The minimum atomic E-state index is -0.694. The molecule has 1 heterocycles. The molecule has 0 bridgehead atoms. The normalized spacial score (nSPS) is 14.1. The van der Waals surface area contributed by atoms with Crippen molar-refractivity contribution in [3.05, 3.63) is 93.0 Å². The lowest BCUT2D eigenvalue weighted by atomic mass is 10.1. The predicted molar refractivity (Wildman–Crippen MR) is 140 cm³/mol. The SMILES string of the molecule is COc1ccccc1NC(=O)CN1C(=O)N/C(=C/c2cc(Br)ccc2OCc2ccc(Cl)cc2)C1=O. The quantitative estimate of drug-likeness (QED) is 0.286. The van der Waals surface area contributed by atoms with Gasteiger partial charge in [-0.1, -0.05) is 51.8 Å². The minimum Gasteiger partial charge on any atom is -0.495 e. The van der Waals surface area contributed by atoms with E-state index in [0.29, 0.717) is 27.8 Å². The van der Waals surface area contributed by atoms with Crippen molar-refractivity contribution in [1.82, 2.24) is 10.2 Å². The summed E-state index contributed by atoms with van der Waals surface area (Å²) in [5.41, 5.74) is 1.95. The summed E-state index contributed by atoms with van der Waals surface area (Å²) in [6.07, 6.45) is 1.51. The highest BCUT2D eigenvalue weighted by atomic mass is 79.9. The van der Waals surface area contributed by atoms with Gasteiger partial charge in [0.1, 0.15) is 30.3 Å². The van der Waals surface area contributed by atoms with Crippen molar-refractivity contribution < 1.29 is 23.9 Å². The Labute approximate surface area is 221 Å². The van der Waals surface area contributed by atoms with Gasteiger partial charge in [-0.05, 0) is 54.1 Å². The number of hydrogen-bond donors (Lipinski definition) is 2. The summed E-state index contributed by atoms with van der Waals surface area (Å²) in [6, 6.07) is 18.7. The second kappa shape index (κ2) is 11.3. The van der Waals surface area contributed by atoms with Crippen molar-refractivity contribution in [2.75, 3.05) is 19.0 Å². The van der Waals surface area contributed by atoms with E-state index in [4.69, 9.17) is 21.1 Å². The number of halogens is 2. The third kappa shape index (κ3) is 6.05. The zero-order chi connectivity index (χ0) is 25.7. The van der Waals surface area contributed by atoms with Gasteiger partial charge in [-0.25, -0.2) is 9.69 Å². The van der Waals surface area contributed by atoms with Crippen molar-refractivity contribution in [2.45, 2.75) is 6.61 Å². The fourth-order valence-corrected chi connectivity index (χ4v) is 3.96. The molecule has 8 nitrogen and oxygen atoms in total. The highest BCUT2D eigenvalue weighted by molar-refractivity contribution is 9.10. The predicted octanol–water partition coefficient (Wildman–Crippen LogP) is 5.22. The van der Waals surface area contributed by atoms with Crippen LogP contribution < -0.4 is 20.1 Å². The van der Waals surface area contributed by atoms with Gasteiger partial charge in [0.05, 0.1) is 12.8 Å². The third-order valence-electron chi connectivity index (χ3n) is 5.22. The number of methoxy groups -OCH3 is 1. The van der Waals surface area contributed by atoms with Crippen LogP contribution in [-0.4, -0.2) is 36.4 Å². The molecular weight excluding hydrogens is 550 g/mol. The van der Waals surface area contributed by atoms with Crippen LogP contribution in [0.25, 0.3) is 6.08 Å². The van der Waals surface area contributed by atoms with Crippen LogP contribution in [0.15, 0.2) is 76.9 Å². The molecule has 0 atom stereocenters. The maximum atomic E-state index is 12.9. The number of imide groups is 1. The molecule has 0 spiro atoms. The van der Waals surface area contributed by atoms with Crippen molar-refractivity contribution >= 4 is 57.1 Å². The molecule has 184 valence electrons. The summed E-state index contributed by atoms with van der Waals surface area (Å²) < 4.78 is 11.9. The van der Waals surface area contributed by atoms with Gasteiger partial charge in [-0.15, -0.1) is 0 Å². The van der Waals surface area contributed by atoms with Crippen molar-refractivity contribution in [3.63, 3.8) is 0 Å². The van der Waals surface area contributed by atoms with Crippen LogP contribution in [-0.2, 0) is 16.2 Å². The number of rotatable bonds is 8. The zero-order valence-electron chi connectivity index (χ0n) is 19.1. The van der Waals surface area contributed by atoms with Gasteiger partial charge >= 0.3 is 6.03 Å². The summed E-state index contributed by atoms with van der Waals surface area (Å²) in [7, 11) is 1.48. The second-order valence-corrected chi connectivity index (χ2v) is 9.08. The van der Waals surface area contributed by atoms with Crippen LogP contribution in [0.4, 0.5) is 10.5 Å². The third-order valence-corrected chi connectivity index (χ3v) is 5.97. The number of carbonyl (C=O) groups is 3. The summed E-state index contributed by atoms with van der Waals surface area (Å²) in [5, 5.41) is 5.81. The standard InChI is InChI=1S/C26H21BrClN3O5/c1-35-23-5-3-2-4-20(23)29-24(32)14-31-25(33)21(30-26(31)34)13-17-12-18(27)8-11-22(17)36-15-16-6-9-19(28)10-7-16/h2-13H,14-15H2,1H3,(H,29,32)(H,30,34)/b21-13+. The molecule has 3 aromatic rings. The summed E-state index contributed by atoms with van der Waals surface area (Å²) in [6.45, 7) is -0.178. The number of benzene rings is 3. The number of para-hydroxylation sites is 2. The molecule has 1 aliphatic rings. The summed E-state index contributed by atoms with van der Waals surface area (Å²) in [5.74, 6) is -0.197. The van der Waals surface area contributed by atoms with Gasteiger partial charge in [0.25, 0.3) is 5.91 Å². The molecule has 2 N–H and O–H groups in total. The molecule has 4 amide bonds. The average molecular weight is 571 g/mol. The van der Waals surface area contributed by atoms with Gasteiger partial charge in [0.15, 0.2) is 0 Å². The van der Waals surface area contributed by atoms with E-state index in [1.807, 2.05) is 18.2 Å². The molecule has 0 aliphatic carbocycles. The van der Waals surface area contributed by atoms with Crippen LogP contribution in [0.3, 0.4) is 0 Å². The van der Waals surface area contributed by atoms with E-state index >= 15 is 0 Å². The van der Waals surface area contributed by atoms with Crippen LogP contribution >= 0.6 is 27.5 Å². The summed E-state index contributed by atoms with van der Waals surface area (Å²) >= 11 is 9.35. The van der Waals surface area contributed by atoms with Crippen LogP contribution in [0, 0.1) is 0 Å². The number of nitrogens with zero attached hydrogens (tertiary/aromatic N) is 1. The number of urea groups is 1. The monoisotopic (exact) mass is 569 g/mol. The largest absolute Gasteiger partial charge is 0.495 e. The number of amides is 4. The smallest absolute Gasteiger partial charge is 0.329 e. The van der Waals surface area contributed by atoms with E-state index in [2.05, 4.69) is 26.6 Å². The lowest BCUT2D eigenvalue weighted by molar-refractivity contribution is -0.127. The van der Waals surface area contributed by atoms with Gasteiger partial charge in [0, 0.05) is 15.1 Å². The first kappa shape index (κ1) is 25.3. The fraction of sp³-hybridized carbons (Fsp3) is 0.115. The van der Waals surface area contributed by atoms with Crippen LogP contribution in [0.1, 0.15) is 11.1 Å². The van der Waals surface area contributed by atoms with Crippen molar-refractivity contribution in [3.8, 4) is 11.5 Å². The first-order valence-corrected chi connectivity index (χ1v) is 12.0. The average Bonchev–Trinajstić information content (AvgIpc) is 3.12. The first-order chi connectivity index (χ1) is 17.3. The number of carbonyl (C=O) groups excluding carboxylic acids is 3.